The highest BCUT2D eigenvalue weighted by atomic mass is 16.3. The van der Waals surface area contributed by atoms with Crippen molar-refractivity contribution in [2.24, 2.45) is 5.92 Å². The Balaban J connectivity index is 0.000000791. The van der Waals surface area contributed by atoms with Crippen molar-refractivity contribution < 1.29 is 5.11 Å². The van der Waals surface area contributed by atoms with Gasteiger partial charge in [0.2, 0.25) is 0 Å². The molecule has 1 aromatic carbocycles. The molecule has 1 atom stereocenters. The minimum atomic E-state index is 0.146. The Bertz CT molecular complexity index is 251. The molecule has 78 valence electrons. The van der Waals surface area contributed by atoms with Gasteiger partial charge in [0.05, 0.1) is 5.76 Å². The number of allylic oxidation sites excluding steroid dienone is 1. The average molecular weight is 192 g/mol. The highest BCUT2D eigenvalue weighted by Crippen LogP contribution is 2.12. The van der Waals surface area contributed by atoms with Gasteiger partial charge in [0, 0.05) is 5.92 Å². The maximum Gasteiger partial charge on any atom is 0.0882 e. The van der Waals surface area contributed by atoms with Crippen LogP contribution in [-0.4, -0.2) is 5.11 Å². The molecule has 0 amide bonds. The fourth-order valence-corrected chi connectivity index (χ4v) is 1.09. The molecule has 0 saturated heterocycles. The molecule has 0 heterocycles. The molecular formula is C13H20O. The van der Waals surface area contributed by atoms with Crippen molar-refractivity contribution in [3.63, 3.8) is 0 Å². The van der Waals surface area contributed by atoms with E-state index in [2.05, 4.69) is 18.7 Å². The van der Waals surface area contributed by atoms with Crippen LogP contribution in [0.25, 0.3) is 0 Å². The quantitative estimate of drug-likeness (QED) is 0.719. The third-order valence-corrected chi connectivity index (χ3v) is 1.95. The van der Waals surface area contributed by atoms with Crippen molar-refractivity contribution in [2.75, 3.05) is 0 Å². The molecule has 0 aliphatic heterocycles. The number of rotatable bonds is 3. The normalized spacial score (nSPS) is 11.1. The Hall–Kier alpha value is -1.24. The highest BCUT2D eigenvalue weighted by Gasteiger charge is 2.04. The first-order chi connectivity index (χ1) is 6.70. The van der Waals surface area contributed by atoms with Crippen LogP contribution in [0, 0.1) is 5.92 Å². The lowest BCUT2D eigenvalue weighted by Gasteiger charge is -2.08. The monoisotopic (exact) mass is 192 g/mol. The summed E-state index contributed by atoms with van der Waals surface area (Å²) in [5, 5.41) is 9.09. The molecule has 1 rings (SSSR count). The Kier molecular flexibility index (Phi) is 6.55. The summed E-state index contributed by atoms with van der Waals surface area (Å²) in [5.41, 5.74) is 1.24. The molecule has 1 aromatic rings. The molecule has 1 nitrogen and oxygen atoms in total. The first-order valence-electron chi connectivity index (χ1n) is 5.12. The van der Waals surface area contributed by atoms with E-state index in [4.69, 9.17) is 5.11 Å². The van der Waals surface area contributed by atoms with Gasteiger partial charge in [-0.3, -0.25) is 0 Å². The van der Waals surface area contributed by atoms with Crippen LogP contribution < -0.4 is 0 Å². The van der Waals surface area contributed by atoms with Crippen LogP contribution >= 0.6 is 0 Å². The Morgan fingerprint density at radius 3 is 2.21 bits per heavy atom. The molecule has 0 aliphatic rings. The van der Waals surface area contributed by atoms with E-state index in [1.807, 2.05) is 39.0 Å². The molecule has 0 spiro atoms. The minimum Gasteiger partial charge on any atom is -0.513 e. The average Bonchev–Trinajstić information content (AvgIpc) is 2.22. The van der Waals surface area contributed by atoms with Gasteiger partial charge in [-0.25, -0.2) is 0 Å². The summed E-state index contributed by atoms with van der Waals surface area (Å²) in [6.07, 6.45) is 0.857. The van der Waals surface area contributed by atoms with Gasteiger partial charge < -0.3 is 5.11 Å². The first kappa shape index (κ1) is 12.8. The molecule has 1 heteroatoms. The summed E-state index contributed by atoms with van der Waals surface area (Å²) >= 11 is 0. The topological polar surface area (TPSA) is 20.2 Å². The molecule has 0 saturated carbocycles. The summed E-state index contributed by atoms with van der Waals surface area (Å²) in [6, 6.07) is 10.1. The number of aliphatic hydroxyl groups excluding tert-OH is 1. The van der Waals surface area contributed by atoms with Crippen LogP contribution in [0.2, 0.25) is 0 Å². The zero-order chi connectivity index (χ0) is 11.0. The van der Waals surface area contributed by atoms with E-state index in [9.17, 15) is 0 Å². The minimum absolute atomic E-state index is 0.146. The van der Waals surface area contributed by atoms with E-state index >= 15 is 0 Å². The predicted molar refractivity (Wildman–Crippen MR) is 62.4 cm³/mol. The Labute approximate surface area is 87.1 Å². The maximum atomic E-state index is 9.09. The predicted octanol–water partition coefficient (Wildman–Crippen LogP) is 3.96. The molecule has 1 N–H and O–H groups in total. The Morgan fingerprint density at radius 2 is 1.79 bits per heavy atom. The van der Waals surface area contributed by atoms with Gasteiger partial charge in [-0.05, 0) is 12.0 Å². The summed E-state index contributed by atoms with van der Waals surface area (Å²) in [6.45, 7) is 9.47. The molecule has 0 bridgehead atoms. The molecule has 14 heavy (non-hydrogen) atoms. The lowest BCUT2D eigenvalue weighted by Crippen LogP contribution is -2.01. The van der Waals surface area contributed by atoms with Crippen LogP contribution in [0.15, 0.2) is 42.7 Å². The zero-order valence-corrected chi connectivity index (χ0v) is 9.33. The molecule has 0 fully saturated rings. The molecule has 0 aliphatic carbocycles. The van der Waals surface area contributed by atoms with Gasteiger partial charge in [-0.15, -0.1) is 0 Å². The largest absolute Gasteiger partial charge is 0.513 e. The van der Waals surface area contributed by atoms with Gasteiger partial charge in [0.15, 0.2) is 0 Å². The van der Waals surface area contributed by atoms with Crippen molar-refractivity contribution in [3.05, 3.63) is 48.2 Å². The highest BCUT2D eigenvalue weighted by molar-refractivity contribution is 5.16. The van der Waals surface area contributed by atoms with Crippen LogP contribution in [0.3, 0.4) is 0 Å². The third-order valence-electron chi connectivity index (χ3n) is 1.95. The van der Waals surface area contributed by atoms with Crippen molar-refractivity contribution in [2.45, 2.75) is 27.2 Å². The van der Waals surface area contributed by atoms with Crippen LogP contribution in [0.4, 0.5) is 0 Å². The van der Waals surface area contributed by atoms with Crippen LogP contribution in [0.1, 0.15) is 26.3 Å². The van der Waals surface area contributed by atoms with E-state index in [1.165, 1.54) is 5.56 Å². The number of hydrogen-bond donors (Lipinski definition) is 1. The van der Waals surface area contributed by atoms with Crippen molar-refractivity contribution in [1.82, 2.24) is 0 Å². The van der Waals surface area contributed by atoms with E-state index in [1.54, 1.807) is 0 Å². The van der Waals surface area contributed by atoms with E-state index in [0.717, 1.165) is 6.42 Å². The van der Waals surface area contributed by atoms with Gasteiger partial charge in [0.25, 0.3) is 0 Å². The lowest BCUT2D eigenvalue weighted by molar-refractivity contribution is 0.342. The van der Waals surface area contributed by atoms with Crippen LogP contribution in [-0.2, 0) is 6.42 Å². The second-order valence-electron chi connectivity index (χ2n) is 3.08. The van der Waals surface area contributed by atoms with E-state index in [-0.39, 0.29) is 11.7 Å². The van der Waals surface area contributed by atoms with Gasteiger partial charge in [-0.1, -0.05) is 57.7 Å². The summed E-state index contributed by atoms with van der Waals surface area (Å²) in [7, 11) is 0. The molecule has 0 aromatic heterocycles. The Morgan fingerprint density at radius 1 is 1.29 bits per heavy atom. The molecule has 0 unspecified atom stereocenters. The van der Waals surface area contributed by atoms with Crippen LogP contribution in [0.5, 0.6) is 0 Å². The number of aliphatic hydroxyl groups is 1. The van der Waals surface area contributed by atoms with Gasteiger partial charge in [0.1, 0.15) is 0 Å². The third kappa shape index (κ3) is 4.70. The van der Waals surface area contributed by atoms with Crippen molar-refractivity contribution >= 4 is 0 Å². The lowest BCUT2D eigenvalue weighted by atomic mass is 10.0. The fraction of sp³-hybridized carbons (Fsp3) is 0.385. The second-order valence-corrected chi connectivity index (χ2v) is 3.08. The molecular weight excluding hydrogens is 172 g/mol. The maximum absolute atomic E-state index is 9.09. The fourth-order valence-electron chi connectivity index (χ4n) is 1.09. The van der Waals surface area contributed by atoms with Gasteiger partial charge in [-0.2, -0.15) is 0 Å². The smallest absolute Gasteiger partial charge is 0.0882 e. The van der Waals surface area contributed by atoms with E-state index < -0.39 is 0 Å². The standard InChI is InChI=1S/C11H14O.C2H6/c1-9(10(2)12)8-11-6-4-3-5-7-11;1-2/h3-7,9,12H,2,8H2,1H3;1-2H3/t9-;/m0./s1. The summed E-state index contributed by atoms with van der Waals surface area (Å²) in [5.74, 6) is 0.409. The SMILES string of the molecule is C=C(O)[C@@H](C)Cc1ccccc1.CC. The van der Waals surface area contributed by atoms with Crippen molar-refractivity contribution in [3.8, 4) is 0 Å². The number of hydrogen-bond acceptors (Lipinski definition) is 1. The second kappa shape index (κ2) is 7.19. The van der Waals surface area contributed by atoms with E-state index in [0.29, 0.717) is 0 Å². The van der Waals surface area contributed by atoms with Gasteiger partial charge >= 0.3 is 0 Å². The first-order valence-corrected chi connectivity index (χ1v) is 5.12. The zero-order valence-electron chi connectivity index (χ0n) is 9.33. The van der Waals surface area contributed by atoms with Crippen molar-refractivity contribution in [1.29, 1.82) is 0 Å². The summed E-state index contributed by atoms with van der Waals surface area (Å²) in [4.78, 5) is 0. The summed E-state index contributed by atoms with van der Waals surface area (Å²) < 4.78 is 0. The number of benzene rings is 1. The molecule has 0 radical (unpaired) electrons.